The van der Waals surface area contributed by atoms with Gasteiger partial charge in [0.2, 0.25) is 5.91 Å². The molecule has 0 saturated carbocycles. The van der Waals surface area contributed by atoms with Gasteiger partial charge in [0.15, 0.2) is 0 Å². The Balaban J connectivity index is -0.000000805. The maximum absolute atomic E-state index is 11.6. The summed E-state index contributed by atoms with van der Waals surface area (Å²) >= 11 is 0. The van der Waals surface area contributed by atoms with Crippen molar-refractivity contribution in [2.45, 2.75) is 123 Å². The van der Waals surface area contributed by atoms with Gasteiger partial charge in [0.25, 0.3) is 0 Å². The molecule has 9 nitrogen and oxygen atoms in total. The molecule has 0 fully saturated rings. The maximum atomic E-state index is 11.6. The number of amides is 1. The summed E-state index contributed by atoms with van der Waals surface area (Å²) in [7, 11) is -1.33. The van der Waals surface area contributed by atoms with Crippen LogP contribution < -0.4 is 14.2 Å². The Hall–Kier alpha value is -4.83. The van der Waals surface area contributed by atoms with Gasteiger partial charge in [-0.2, -0.15) is 0 Å². The van der Waals surface area contributed by atoms with Crippen LogP contribution in [0.1, 0.15) is 115 Å². The molecule has 0 aliphatic rings. The number of hydrogen-bond acceptors (Lipinski definition) is 7. The minimum atomic E-state index is -1.33. The second-order valence-corrected chi connectivity index (χ2v) is 11.7. The van der Waals surface area contributed by atoms with Crippen molar-refractivity contribution in [3.63, 3.8) is 0 Å². The Morgan fingerprint density at radius 3 is 1.42 bits per heavy atom. The molecule has 4 rings (SSSR count). The lowest BCUT2D eigenvalue weighted by atomic mass is 10.00. The Morgan fingerprint density at radius 1 is 0.600 bits per heavy atom. The summed E-state index contributed by atoms with van der Waals surface area (Å²) in [6.45, 7) is 27.8. The van der Waals surface area contributed by atoms with E-state index in [1.807, 2.05) is 121 Å². The van der Waals surface area contributed by atoms with E-state index < -0.39 is 17.0 Å². The standard InChI is InChI=1S/C18H21NO4S.C17H18O4.5C2H6/c1-12-10-14(4-9-17(21)19-24(3)22)11-13(2)18(12)23-16-7-5-15(20)6-8-16;1-11-3-4-13(5-10-16(19)20)12(2)17(11)21-15-8-6-14(18)7-9-15;5*1-2/h5-8,10-11,20H,4,9H2,1-3H3,(H,19,21);3-4,6-9,18H,5,10H2,1-2H3,(H,19,20);5*1-2H3. The van der Waals surface area contributed by atoms with Gasteiger partial charge in [0, 0.05) is 19.1 Å². The Labute approximate surface area is 334 Å². The van der Waals surface area contributed by atoms with Crippen LogP contribution in [-0.4, -0.2) is 37.7 Å². The number of phenolic OH excluding ortho intramolecular Hbond substituents is 2. The molecule has 0 aromatic heterocycles. The number of benzene rings is 4. The summed E-state index contributed by atoms with van der Waals surface area (Å²) in [4.78, 5) is 22.3. The minimum absolute atomic E-state index is 0.0998. The number of carbonyl (C=O) groups is 2. The summed E-state index contributed by atoms with van der Waals surface area (Å²) in [5.74, 6) is 2.13. The second kappa shape index (κ2) is 32.6. The highest BCUT2D eigenvalue weighted by atomic mass is 32.2. The van der Waals surface area contributed by atoms with Gasteiger partial charge in [0.1, 0.15) is 45.5 Å². The second-order valence-electron chi connectivity index (χ2n) is 10.6. The Morgan fingerprint density at radius 2 is 1.02 bits per heavy atom. The predicted molar refractivity (Wildman–Crippen MR) is 231 cm³/mol. The molecular weight excluding hydrogens is 715 g/mol. The number of phenols is 2. The van der Waals surface area contributed by atoms with Crippen molar-refractivity contribution in [2.24, 2.45) is 0 Å². The molecule has 0 aliphatic carbocycles. The minimum Gasteiger partial charge on any atom is -0.508 e. The van der Waals surface area contributed by atoms with Gasteiger partial charge in [-0.3, -0.25) is 14.3 Å². The quantitative estimate of drug-likeness (QED) is 0.118. The van der Waals surface area contributed by atoms with Crippen molar-refractivity contribution in [3.05, 3.63) is 106 Å². The maximum Gasteiger partial charge on any atom is 0.303 e. The number of carboxylic acids is 1. The number of ether oxygens (including phenoxy) is 2. The number of carbonyl (C=O) groups excluding carboxylic acids is 1. The first kappa shape index (κ1) is 54.5. The normalized spacial score (nSPS) is 9.65. The number of aryl methyl sites for hydroxylation is 5. The Bertz CT molecular complexity index is 1630. The molecule has 55 heavy (non-hydrogen) atoms. The fourth-order valence-electron chi connectivity index (χ4n) is 4.62. The molecule has 0 radical (unpaired) electrons. The van der Waals surface area contributed by atoms with Crippen LogP contribution >= 0.6 is 0 Å². The molecule has 1 unspecified atom stereocenters. The van der Waals surface area contributed by atoms with Gasteiger partial charge in [0.05, 0.1) is 0 Å². The van der Waals surface area contributed by atoms with Gasteiger partial charge < -0.3 is 24.8 Å². The first-order valence-corrected chi connectivity index (χ1v) is 20.9. The van der Waals surface area contributed by atoms with Gasteiger partial charge >= 0.3 is 5.97 Å². The highest BCUT2D eigenvalue weighted by Crippen LogP contribution is 2.33. The van der Waals surface area contributed by atoms with Crippen LogP contribution in [0.2, 0.25) is 0 Å². The number of aliphatic carboxylic acids is 1. The highest BCUT2D eigenvalue weighted by Gasteiger charge is 2.12. The van der Waals surface area contributed by atoms with E-state index in [4.69, 9.17) is 14.6 Å². The fourth-order valence-corrected chi connectivity index (χ4v) is 5.04. The average molecular weight is 784 g/mol. The molecule has 0 saturated heterocycles. The van der Waals surface area contributed by atoms with E-state index in [-0.39, 0.29) is 30.2 Å². The summed E-state index contributed by atoms with van der Waals surface area (Å²) in [5, 5.41) is 27.4. The smallest absolute Gasteiger partial charge is 0.303 e. The lowest BCUT2D eigenvalue weighted by molar-refractivity contribution is -0.137. The van der Waals surface area contributed by atoms with E-state index in [1.54, 1.807) is 48.5 Å². The molecule has 4 aromatic rings. The number of nitrogens with one attached hydrogen (secondary N) is 1. The van der Waals surface area contributed by atoms with E-state index >= 15 is 0 Å². The first-order valence-electron chi connectivity index (χ1n) is 19.3. The molecular formula is C45H69NO8S. The lowest BCUT2D eigenvalue weighted by Crippen LogP contribution is -2.24. The SMILES string of the molecule is CC.CC.CC.CC.CC.Cc1cc(CCC(=O)NS(C)=O)cc(C)c1Oc1ccc(O)cc1.Cc1ccc(CCC(=O)O)c(C)c1Oc1ccc(O)cc1. The van der Waals surface area contributed by atoms with E-state index in [2.05, 4.69) is 4.72 Å². The average Bonchev–Trinajstić information content (AvgIpc) is 3.19. The molecule has 4 aromatic carbocycles. The molecule has 0 spiro atoms. The third-order valence-electron chi connectivity index (χ3n) is 6.85. The van der Waals surface area contributed by atoms with Crippen LogP contribution in [0.4, 0.5) is 0 Å². The van der Waals surface area contributed by atoms with Crippen LogP contribution in [0.5, 0.6) is 34.5 Å². The third kappa shape index (κ3) is 22.2. The molecule has 1 amide bonds. The van der Waals surface area contributed by atoms with E-state index in [0.717, 1.165) is 44.9 Å². The number of rotatable bonds is 11. The van der Waals surface area contributed by atoms with Crippen molar-refractivity contribution in [1.82, 2.24) is 4.72 Å². The van der Waals surface area contributed by atoms with Crippen LogP contribution in [0, 0.1) is 27.7 Å². The lowest BCUT2D eigenvalue weighted by Gasteiger charge is -2.15. The molecule has 10 heteroatoms. The van der Waals surface area contributed by atoms with Crippen molar-refractivity contribution >= 4 is 22.9 Å². The zero-order chi connectivity index (χ0) is 43.1. The zero-order valence-electron chi connectivity index (χ0n) is 36.0. The molecule has 4 N–H and O–H groups in total. The summed E-state index contributed by atoms with van der Waals surface area (Å²) in [6, 6.07) is 20.9. The first-order chi connectivity index (χ1) is 26.3. The van der Waals surface area contributed by atoms with E-state index in [9.17, 15) is 24.0 Å². The van der Waals surface area contributed by atoms with Crippen LogP contribution in [0.3, 0.4) is 0 Å². The van der Waals surface area contributed by atoms with Crippen LogP contribution in [0.25, 0.3) is 0 Å². The Kier molecular flexibility index (Phi) is 32.3. The monoisotopic (exact) mass is 783 g/mol. The third-order valence-corrected chi connectivity index (χ3v) is 7.37. The largest absolute Gasteiger partial charge is 0.508 e. The van der Waals surface area contributed by atoms with Crippen molar-refractivity contribution in [3.8, 4) is 34.5 Å². The summed E-state index contributed by atoms with van der Waals surface area (Å²) in [6.07, 6.45) is 2.87. The summed E-state index contributed by atoms with van der Waals surface area (Å²) in [5.41, 5.74) is 5.87. The summed E-state index contributed by atoms with van der Waals surface area (Å²) < 4.78 is 25.1. The van der Waals surface area contributed by atoms with Crippen molar-refractivity contribution in [2.75, 3.05) is 6.26 Å². The van der Waals surface area contributed by atoms with Gasteiger partial charge in [-0.15, -0.1) is 0 Å². The van der Waals surface area contributed by atoms with Gasteiger partial charge in [-0.1, -0.05) is 93.5 Å². The number of aromatic hydroxyl groups is 2. The molecule has 0 aliphatic heterocycles. The number of carboxylic acid groups (broad SMARTS) is 1. The van der Waals surface area contributed by atoms with Gasteiger partial charge in [-0.05, 0) is 122 Å². The van der Waals surface area contributed by atoms with Gasteiger partial charge in [-0.25, -0.2) is 4.21 Å². The number of hydrogen-bond donors (Lipinski definition) is 4. The predicted octanol–water partition coefficient (Wildman–Crippen LogP) is 12.1. The van der Waals surface area contributed by atoms with E-state index in [0.29, 0.717) is 24.3 Å². The molecule has 0 bridgehead atoms. The van der Waals surface area contributed by atoms with Crippen LogP contribution in [0.15, 0.2) is 72.8 Å². The van der Waals surface area contributed by atoms with Crippen LogP contribution in [-0.2, 0) is 33.4 Å². The molecule has 308 valence electrons. The highest BCUT2D eigenvalue weighted by molar-refractivity contribution is 7.82. The topological polar surface area (TPSA) is 142 Å². The zero-order valence-corrected chi connectivity index (χ0v) is 36.9. The van der Waals surface area contributed by atoms with Crippen molar-refractivity contribution < 1.29 is 38.6 Å². The fraction of sp³-hybridized carbons (Fsp3) is 0.422. The van der Waals surface area contributed by atoms with Crippen molar-refractivity contribution in [1.29, 1.82) is 0 Å². The van der Waals surface area contributed by atoms with E-state index in [1.165, 1.54) is 6.26 Å². The molecule has 0 heterocycles. The molecule has 1 atom stereocenters.